The summed E-state index contributed by atoms with van der Waals surface area (Å²) in [4.78, 5) is 11.1. The van der Waals surface area contributed by atoms with Gasteiger partial charge in [-0.3, -0.25) is 19.6 Å². The predicted molar refractivity (Wildman–Crippen MR) is 110 cm³/mol. The second-order valence-electron chi connectivity index (χ2n) is 10.3. The van der Waals surface area contributed by atoms with E-state index < -0.39 is 0 Å². The van der Waals surface area contributed by atoms with Crippen molar-refractivity contribution in [3.63, 3.8) is 0 Å². The number of hydrogen-bond donors (Lipinski definition) is 0. The molecule has 4 nitrogen and oxygen atoms in total. The summed E-state index contributed by atoms with van der Waals surface area (Å²) >= 11 is 0. The average molecular weight is 363 g/mol. The van der Waals surface area contributed by atoms with E-state index in [1.807, 2.05) is 0 Å². The summed E-state index contributed by atoms with van der Waals surface area (Å²) in [7, 11) is 0. The van der Waals surface area contributed by atoms with Crippen LogP contribution in [0.1, 0.15) is 67.2 Å². The molecule has 0 spiro atoms. The standard InChI is InChI=1S/C22H42N4/c1-15(2)23-11-21-9-19(23)13-25(21)17(5)7-8-18(6)26-14-20-10-22(26)12-24(20)16(3)4/h15-22H,7-14H2,1-6H3/t17?,18?,19-,20-,21-,22-/m1/s1. The maximum absolute atomic E-state index is 2.84. The third-order valence-electron chi connectivity index (χ3n) is 8.11. The quantitative estimate of drug-likeness (QED) is 0.690. The minimum Gasteiger partial charge on any atom is -0.295 e. The molecule has 4 saturated heterocycles. The van der Waals surface area contributed by atoms with Gasteiger partial charge in [0.15, 0.2) is 0 Å². The highest BCUT2D eigenvalue weighted by molar-refractivity contribution is 5.03. The third kappa shape index (κ3) is 3.36. The lowest BCUT2D eigenvalue weighted by molar-refractivity contribution is 0.0599. The molecule has 0 N–H and O–H groups in total. The van der Waals surface area contributed by atoms with Gasteiger partial charge in [0.25, 0.3) is 0 Å². The van der Waals surface area contributed by atoms with Crippen LogP contribution in [0.4, 0.5) is 0 Å². The first-order chi connectivity index (χ1) is 12.3. The molecule has 0 aromatic carbocycles. The molecule has 4 heteroatoms. The van der Waals surface area contributed by atoms with Crippen LogP contribution in [0.25, 0.3) is 0 Å². The van der Waals surface area contributed by atoms with E-state index >= 15 is 0 Å². The molecular formula is C22H42N4. The van der Waals surface area contributed by atoms with Crippen molar-refractivity contribution in [1.82, 2.24) is 19.6 Å². The highest BCUT2D eigenvalue weighted by atomic mass is 15.4. The van der Waals surface area contributed by atoms with Crippen molar-refractivity contribution in [3.8, 4) is 0 Å². The molecule has 0 saturated carbocycles. The molecule has 4 fully saturated rings. The predicted octanol–water partition coefficient (Wildman–Crippen LogP) is 2.88. The summed E-state index contributed by atoms with van der Waals surface area (Å²) in [6.45, 7) is 19.7. The molecule has 26 heavy (non-hydrogen) atoms. The molecule has 0 amide bonds. The zero-order chi connectivity index (χ0) is 18.6. The van der Waals surface area contributed by atoms with Crippen molar-refractivity contribution in [2.45, 2.75) is 116 Å². The maximum Gasteiger partial charge on any atom is 0.0242 e. The van der Waals surface area contributed by atoms with E-state index in [1.54, 1.807) is 0 Å². The number of piperazine rings is 2. The fourth-order valence-electron chi connectivity index (χ4n) is 6.62. The van der Waals surface area contributed by atoms with E-state index in [4.69, 9.17) is 0 Å². The van der Waals surface area contributed by atoms with Crippen molar-refractivity contribution in [2.24, 2.45) is 0 Å². The molecule has 4 rings (SSSR count). The van der Waals surface area contributed by atoms with Gasteiger partial charge in [-0.2, -0.15) is 0 Å². The topological polar surface area (TPSA) is 13.0 Å². The van der Waals surface area contributed by atoms with Gasteiger partial charge in [-0.15, -0.1) is 0 Å². The van der Waals surface area contributed by atoms with Gasteiger partial charge in [0, 0.05) is 74.5 Å². The smallest absolute Gasteiger partial charge is 0.0242 e. The lowest BCUT2D eigenvalue weighted by Crippen LogP contribution is -2.52. The molecule has 4 bridgehead atoms. The van der Waals surface area contributed by atoms with Crippen LogP contribution in [0.2, 0.25) is 0 Å². The molecule has 2 unspecified atom stereocenters. The Bertz CT molecular complexity index is 449. The molecule has 4 aliphatic rings. The SMILES string of the molecule is CC(C)N1C[C@H]2C[C@@H]1CN2C(C)CCC(C)N1C[C@H]2C[C@@H]1CN2C(C)C. The van der Waals surface area contributed by atoms with Crippen LogP contribution in [0.3, 0.4) is 0 Å². The zero-order valence-electron chi connectivity index (χ0n) is 18.1. The van der Waals surface area contributed by atoms with Crippen molar-refractivity contribution in [3.05, 3.63) is 0 Å². The van der Waals surface area contributed by atoms with Crippen LogP contribution < -0.4 is 0 Å². The Morgan fingerprint density at radius 2 is 0.846 bits per heavy atom. The van der Waals surface area contributed by atoms with Crippen molar-refractivity contribution < 1.29 is 0 Å². The van der Waals surface area contributed by atoms with Crippen LogP contribution in [0, 0.1) is 0 Å². The molecule has 0 aliphatic carbocycles. The first-order valence-electron chi connectivity index (χ1n) is 11.4. The summed E-state index contributed by atoms with van der Waals surface area (Å²) in [6, 6.07) is 6.27. The van der Waals surface area contributed by atoms with Gasteiger partial charge in [-0.05, 0) is 67.2 Å². The average Bonchev–Trinajstić information content (AvgIpc) is 3.36. The van der Waals surface area contributed by atoms with E-state index in [0.717, 1.165) is 48.3 Å². The Morgan fingerprint density at radius 1 is 0.538 bits per heavy atom. The van der Waals surface area contributed by atoms with Crippen LogP contribution in [-0.4, -0.2) is 94.1 Å². The molecule has 0 aromatic rings. The Balaban J connectivity index is 1.23. The summed E-state index contributed by atoms with van der Waals surface area (Å²) in [5.41, 5.74) is 0. The highest BCUT2D eigenvalue weighted by Gasteiger charge is 2.47. The van der Waals surface area contributed by atoms with E-state index in [2.05, 4.69) is 61.1 Å². The highest BCUT2D eigenvalue weighted by Crippen LogP contribution is 2.36. The van der Waals surface area contributed by atoms with Gasteiger partial charge in [0.2, 0.25) is 0 Å². The summed E-state index contributed by atoms with van der Waals surface area (Å²) in [5, 5.41) is 0. The second kappa shape index (κ2) is 7.35. The summed E-state index contributed by atoms with van der Waals surface area (Å²) in [6.07, 6.45) is 5.57. The lowest BCUT2D eigenvalue weighted by atomic mass is 10.0. The van der Waals surface area contributed by atoms with Crippen LogP contribution in [-0.2, 0) is 0 Å². The Kier molecular flexibility index (Phi) is 5.42. The normalized spacial score (nSPS) is 38.3. The Labute approximate surface area is 161 Å². The van der Waals surface area contributed by atoms with E-state index in [1.165, 1.54) is 51.9 Å². The van der Waals surface area contributed by atoms with E-state index in [-0.39, 0.29) is 0 Å². The molecule has 0 radical (unpaired) electrons. The maximum atomic E-state index is 2.84. The molecule has 4 aliphatic heterocycles. The van der Waals surface area contributed by atoms with Gasteiger partial charge < -0.3 is 0 Å². The molecule has 0 aromatic heterocycles. The summed E-state index contributed by atoms with van der Waals surface area (Å²) < 4.78 is 0. The first kappa shape index (κ1) is 19.2. The number of hydrogen-bond acceptors (Lipinski definition) is 4. The molecule has 150 valence electrons. The number of nitrogens with zero attached hydrogens (tertiary/aromatic N) is 4. The minimum absolute atomic E-state index is 0.721. The zero-order valence-corrected chi connectivity index (χ0v) is 18.1. The van der Waals surface area contributed by atoms with Crippen LogP contribution >= 0.6 is 0 Å². The number of rotatable bonds is 7. The fraction of sp³-hybridized carbons (Fsp3) is 1.00. The van der Waals surface area contributed by atoms with E-state index in [9.17, 15) is 0 Å². The second-order valence-corrected chi connectivity index (χ2v) is 10.3. The Morgan fingerprint density at radius 3 is 1.12 bits per heavy atom. The molecule has 6 atom stereocenters. The number of fused-ring (bicyclic) bond motifs is 4. The van der Waals surface area contributed by atoms with Gasteiger partial charge >= 0.3 is 0 Å². The van der Waals surface area contributed by atoms with E-state index in [0.29, 0.717) is 0 Å². The largest absolute Gasteiger partial charge is 0.295 e. The molecular weight excluding hydrogens is 320 g/mol. The lowest BCUT2D eigenvalue weighted by Gasteiger charge is -2.41. The fourth-order valence-corrected chi connectivity index (χ4v) is 6.62. The van der Waals surface area contributed by atoms with Crippen molar-refractivity contribution in [1.29, 1.82) is 0 Å². The van der Waals surface area contributed by atoms with Crippen molar-refractivity contribution >= 4 is 0 Å². The van der Waals surface area contributed by atoms with Gasteiger partial charge in [0.05, 0.1) is 0 Å². The van der Waals surface area contributed by atoms with Crippen LogP contribution in [0.15, 0.2) is 0 Å². The minimum atomic E-state index is 0.721. The molecule has 4 heterocycles. The summed E-state index contributed by atoms with van der Waals surface area (Å²) in [5.74, 6) is 0. The Hall–Kier alpha value is -0.160. The van der Waals surface area contributed by atoms with Gasteiger partial charge in [0.1, 0.15) is 0 Å². The monoisotopic (exact) mass is 362 g/mol. The van der Waals surface area contributed by atoms with Gasteiger partial charge in [-0.25, -0.2) is 0 Å². The number of likely N-dealkylation sites (tertiary alicyclic amines) is 4. The van der Waals surface area contributed by atoms with Crippen LogP contribution in [0.5, 0.6) is 0 Å². The van der Waals surface area contributed by atoms with Gasteiger partial charge in [-0.1, -0.05) is 0 Å². The third-order valence-corrected chi connectivity index (χ3v) is 8.11. The first-order valence-corrected chi connectivity index (χ1v) is 11.4. The van der Waals surface area contributed by atoms with Crippen molar-refractivity contribution in [2.75, 3.05) is 26.2 Å².